The van der Waals surface area contributed by atoms with Gasteiger partial charge in [-0.1, -0.05) is 48.5 Å². The van der Waals surface area contributed by atoms with E-state index in [0.29, 0.717) is 0 Å². The largest absolute Gasteiger partial charge is 0.332 e. The van der Waals surface area contributed by atoms with Crippen LogP contribution in [-0.4, -0.2) is 5.11 Å². The average molecular weight is 340 g/mol. The molecule has 0 aliphatic heterocycles. The van der Waals surface area contributed by atoms with E-state index in [1.165, 1.54) is 12.1 Å². The molecule has 3 aromatic rings. The molecule has 3 aromatic carbocycles. The lowest BCUT2D eigenvalue weighted by molar-refractivity contribution is 0.586. The lowest BCUT2D eigenvalue weighted by atomic mass is 10.0. The Bertz CT molecular complexity index is 866. The first kappa shape index (κ1) is 16.1. The van der Waals surface area contributed by atoms with E-state index in [2.05, 4.69) is 10.6 Å². The van der Waals surface area contributed by atoms with Crippen LogP contribution < -0.4 is 10.6 Å². The van der Waals surface area contributed by atoms with Gasteiger partial charge in [-0.3, -0.25) is 0 Å². The fraction of sp³-hybridized carbons (Fsp3) is 0. The topological polar surface area (TPSA) is 24.1 Å². The molecule has 3 rings (SSSR count). The Labute approximate surface area is 144 Å². The van der Waals surface area contributed by atoms with Crippen LogP contribution in [0.5, 0.6) is 0 Å². The molecular weight excluding hydrogens is 326 g/mol. The fourth-order valence-electron chi connectivity index (χ4n) is 2.33. The molecule has 0 amide bonds. The van der Waals surface area contributed by atoms with Crippen molar-refractivity contribution in [3.63, 3.8) is 0 Å². The summed E-state index contributed by atoms with van der Waals surface area (Å²) in [7, 11) is 0. The van der Waals surface area contributed by atoms with Crippen LogP contribution >= 0.6 is 12.2 Å². The van der Waals surface area contributed by atoms with E-state index in [1.807, 2.05) is 54.6 Å². The van der Waals surface area contributed by atoms with E-state index in [4.69, 9.17) is 12.2 Å². The van der Waals surface area contributed by atoms with Gasteiger partial charge in [-0.25, -0.2) is 8.78 Å². The maximum atomic E-state index is 13.7. The molecule has 0 heterocycles. The summed E-state index contributed by atoms with van der Waals surface area (Å²) >= 11 is 5.24. The highest BCUT2D eigenvalue weighted by atomic mass is 32.1. The molecule has 0 radical (unpaired) electrons. The predicted octanol–water partition coefficient (Wildman–Crippen LogP) is 5.44. The molecular formula is C19H14F2N2S. The summed E-state index contributed by atoms with van der Waals surface area (Å²) in [4.78, 5) is 0. The van der Waals surface area contributed by atoms with Gasteiger partial charge in [-0.05, 0) is 36.0 Å². The molecule has 0 atom stereocenters. The molecule has 0 aliphatic rings. The Kier molecular flexibility index (Phi) is 4.82. The molecule has 0 aliphatic carbocycles. The van der Waals surface area contributed by atoms with Crippen LogP contribution in [0.2, 0.25) is 0 Å². The van der Waals surface area contributed by atoms with Crippen molar-refractivity contribution in [2.45, 2.75) is 0 Å². The van der Waals surface area contributed by atoms with Gasteiger partial charge in [0.2, 0.25) is 0 Å². The van der Waals surface area contributed by atoms with Crippen molar-refractivity contribution in [2.24, 2.45) is 0 Å². The first-order valence-corrected chi connectivity index (χ1v) is 7.72. The summed E-state index contributed by atoms with van der Waals surface area (Å²) in [5.41, 5.74) is 2.92. The van der Waals surface area contributed by atoms with Gasteiger partial charge in [-0.15, -0.1) is 0 Å². The van der Waals surface area contributed by atoms with Gasteiger partial charge in [0.05, 0.1) is 5.69 Å². The van der Waals surface area contributed by atoms with Crippen LogP contribution in [0, 0.1) is 11.6 Å². The molecule has 2 N–H and O–H groups in total. The minimum absolute atomic E-state index is 0.117. The third-order valence-electron chi connectivity index (χ3n) is 3.44. The van der Waals surface area contributed by atoms with Crippen molar-refractivity contribution < 1.29 is 8.78 Å². The first-order chi connectivity index (χ1) is 11.6. The minimum Gasteiger partial charge on any atom is -0.332 e. The molecule has 0 saturated heterocycles. The van der Waals surface area contributed by atoms with Crippen molar-refractivity contribution >= 4 is 28.7 Å². The minimum atomic E-state index is -0.699. The Morgan fingerprint density at radius 2 is 1.42 bits per heavy atom. The fourth-order valence-corrected chi connectivity index (χ4v) is 2.55. The zero-order chi connectivity index (χ0) is 16.9. The van der Waals surface area contributed by atoms with Crippen LogP contribution in [0.4, 0.5) is 20.2 Å². The van der Waals surface area contributed by atoms with E-state index in [9.17, 15) is 8.78 Å². The van der Waals surface area contributed by atoms with E-state index >= 15 is 0 Å². The number of hydrogen-bond donors (Lipinski definition) is 2. The highest BCUT2D eigenvalue weighted by molar-refractivity contribution is 7.80. The summed E-state index contributed by atoms with van der Waals surface area (Å²) in [6, 6.07) is 20.8. The van der Waals surface area contributed by atoms with E-state index in [0.717, 1.165) is 22.9 Å². The molecule has 0 spiro atoms. The molecule has 0 unspecified atom stereocenters. The van der Waals surface area contributed by atoms with Gasteiger partial charge >= 0.3 is 0 Å². The maximum Gasteiger partial charge on any atom is 0.175 e. The monoisotopic (exact) mass is 340 g/mol. The lowest BCUT2D eigenvalue weighted by Gasteiger charge is -2.14. The normalized spacial score (nSPS) is 10.2. The molecule has 0 fully saturated rings. The summed E-state index contributed by atoms with van der Waals surface area (Å²) in [6.45, 7) is 0. The molecule has 2 nitrogen and oxygen atoms in total. The second kappa shape index (κ2) is 7.19. The van der Waals surface area contributed by atoms with Gasteiger partial charge in [0.1, 0.15) is 11.6 Å². The highest BCUT2D eigenvalue weighted by Gasteiger charge is 2.08. The van der Waals surface area contributed by atoms with Gasteiger partial charge in [-0.2, -0.15) is 0 Å². The Hall–Kier alpha value is -2.79. The van der Waals surface area contributed by atoms with Crippen LogP contribution in [0.15, 0.2) is 72.8 Å². The smallest absolute Gasteiger partial charge is 0.175 e. The molecule has 120 valence electrons. The SMILES string of the molecule is Fc1ccc(NC(=S)Nc2ccccc2-c2ccccc2)c(F)c1. The summed E-state index contributed by atoms with van der Waals surface area (Å²) in [6.07, 6.45) is 0. The highest BCUT2D eigenvalue weighted by Crippen LogP contribution is 2.27. The second-order valence-electron chi connectivity index (χ2n) is 5.11. The van der Waals surface area contributed by atoms with E-state index in [1.54, 1.807) is 0 Å². The predicted molar refractivity (Wildman–Crippen MR) is 98.1 cm³/mol. The number of benzene rings is 3. The summed E-state index contributed by atoms with van der Waals surface area (Å²) in [5, 5.41) is 6.03. The van der Waals surface area contributed by atoms with E-state index in [-0.39, 0.29) is 10.8 Å². The quantitative estimate of drug-likeness (QED) is 0.621. The Morgan fingerprint density at radius 3 is 2.17 bits per heavy atom. The third-order valence-corrected chi connectivity index (χ3v) is 3.64. The van der Waals surface area contributed by atoms with Gasteiger partial charge in [0.25, 0.3) is 0 Å². The van der Waals surface area contributed by atoms with Crippen molar-refractivity contribution in [1.29, 1.82) is 0 Å². The number of nitrogens with one attached hydrogen (secondary N) is 2. The van der Waals surface area contributed by atoms with Gasteiger partial charge in [0, 0.05) is 17.3 Å². The Morgan fingerprint density at radius 1 is 0.750 bits per heavy atom. The average Bonchev–Trinajstić information content (AvgIpc) is 2.59. The molecule has 5 heteroatoms. The zero-order valence-electron chi connectivity index (χ0n) is 12.6. The zero-order valence-corrected chi connectivity index (χ0v) is 13.4. The molecule has 0 saturated carbocycles. The molecule has 0 aromatic heterocycles. The standard InChI is InChI=1S/C19H14F2N2S/c20-14-10-11-18(16(21)12-14)23-19(24)22-17-9-5-4-8-15(17)13-6-2-1-3-7-13/h1-12H,(H2,22,23,24). The summed E-state index contributed by atoms with van der Waals surface area (Å²) < 4.78 is 26.7. The number of thiocarbonyl (C=S) groups is 1. The van der Waals surface area contributed by atoms with Crippen LogP contribution in [-0.2, 0) is 0 Å². The van der Waals surface area contributed by atoms with Crippen LogP contribution in [0.1, 0.15) is 0 Å². The summed E-state index contributed by atoms with van der Waals surface area (Å²) in [5.74, 6) is -1.33. The number of para-hydroxylation sites is 1. The van der Waals surface area contributed by atoms with Crippen LogP contribution in [0.25, 0.3) is 11.1 Å². The van der Waals surface area contributed by atoms with Crippen molar-refractivity contribution in [3.8, 4) is 11.1 Å². The first-order valence-electron chi connectivity index (χ1n) is 7.31. The van der Waals surface area contributed by atoms with Crippen molar-refractivity contribution in [2.75, 3.05) is 10.6 Å². The van der Waals surface area contributed by atoms with Gasteiger partial charge in [0.15, 0.2) is 5.11 Å². The number of halogens is 2. The Balaban J connectivity index is 1.80. The van der Waals surface area contributed by atoms with Gasteiger partial charge < -0.3 is 10.6 Å². The lowest BCUT2D eigenvalue weighted by Crippen LogP contribution is -2.20. The number of rotatable bonds is 3. The molecule has 0 bridgehead atoms. The van der Waals surface area contributed by atoms with E-state index < -0.39 is 11.6 Å². The number of hydrogen-bond acceptors (Lipinski definition) is 1. The van der Waals surface area contributed by atoms with Crippen molar-refractivity contribution in [3.05, 3.63) is 84.4 Å². The van der Waals surface area contributed by atoms with Crippen LogP contribution in [0.3, 0.4) is 0 Å². The molecule has 24 heavy (non-hydrogen) atoms. The van der Waals surface area contributed by atoms with Crippen molar-refractivity contribution in [1.82, 2.24) is 0 Å². The second-order valence-corrected chi connectivity index (χ2v) is 5.52. The maximum absolute atomic E-state index is 13.7. The third kappa shape index (κ3) is 3.75. The number of anilines is 2.